The fraction of sp³-hybridized carbons (Fsp3) is 0.615. The number of anilines is 1. The molecule has 1 unspecified atom stereocenters. The van der Waals surface area contributed by atoms with Gasteiger partial charge in [0.05, 0.1) is 0 Å². The van der Waals surface area contributed by atoms with Crippen LogP contribution in [0.2, 0.25) is 0 Å². The number of rotatable bonds is 2. The lowest BCUT2D eigenvalue weighted by Crippen LogP contribution is -2.52. The Balaban J connectivity index is 1.69. The van der Waals surface area contributed by atoms with Gasteiger partial charge in [-0.1, -0.05) is 0 Å². The molecular weight excluding hydrogens is 242 g/mol. The molecule has 0 aliphatic carbocycles. The number of fused-ring (bicyclic) bond motifs is 1. The van der Waals surface area contributed by atoms with E-state index in [0.717, 1.165) is 19.6 Å². The maximum absolute atomic E-state index is 12.4. The van der Waals surface area contributed by atoms with E-state index in [4.69, 9.17) is 0 Å². The van der Waals surface area contributed by atoms with Crippen LogP contribution >= 0.6 is 0 Å². The third-order valence-electron chi connectivity index (χ3n) is 4.01. The predicted molar refractivity (Wildman–Crippen MR) is 72.1 cm³/mol. The first-order valence-corrected chi connectivity index (χ1v) is 6.83. The van der Waals surface area contributed by atoms with E-state index in [1.807, 2.05) is 4.90 Å². The van der Waals surface area contributed by atoms with Crippen LogP contribution in [0.4, 0.5) is 5.82 Å². The summed E-state index contributed by atoms with van der Waals surface area (Å²) in [5.74, 6) is 0.680. The molecule has 0 spiro atoms. The average Bonchev–Trinajstić information content (AvgIpc) is 2.94. The van der Waals surface area contributed by atoms with E-state index >= 15 is 0 Å². The number of carbonyl (C=O) groups excluding carboxylic acids is 1. The summed E-state index contributed by atoms with van der Waals surface area (Å²) in [4.78, 5) is 16.8. The Morgan fingerprint density at radius 3 is 2.95 bits per heavy atom. The SMILES string of the molecule is CNc1ccc(C(=O)N2CCN3CCCC3C2)nn1. The first kappa shape index (κ1) is 12.3. The summed E-state index contributed by atoms with van der Waals surface area (Å²) in [6, 6.07) is 4.07. The standard InChI is InChI=1S/C13H19N5O/c1-14-12-5-4-11(15-16-12)13(19)18-8-7-17-6-2-3-10(17)9-18/h4-5,10H,2-3,6-9H2,1H3,(H,14,16). The number of hydrogen-bond acceptors (Lipinski definition) is 5. The molecule has 0 aromatic carbocycles. The molecule has 1 amide bonds. The molecule has 0 radical (unpaired) electrons. The molecule has 1 atom stereocenters. The molecule has 2 aliphatic rings. The Labute approximate surface area is 112 Å². The minimum Gasteiger partial charge on any atom is -0.372 e. The molecule has 0 bridgehead atoms. The van der Waals surface area contributed by atoms with Crippen molar-refractivity contribution in [3.8, 4) is 0 Å². The van der Waals surface area contributed by atoms with Crippen molar-refractivity contribution < 1.29 is 4.79 Å². The van der Waals surface area contributed by atoms with Gasteiger partial charge < -0.3 is 10.2 Å². The second kappa shape index (κ2) is 5.13. The molecule has 1 aromatic rings. The Bertz CT molecular complexity index is 461. The van der Waals surface area contributed by atoms with Gasteiger partial charge in [0.25, 0.3) is 5.91 Å². The Morgan fingerprint density at radius 2 is 2.21 bits per heavy atom. The quantitative estimate of drug-likeness (QED) is 0.837. The van der Waals surface area contributed by atoms with E-state index in [1.54, 1.807) is 19.2 Å². The smallest absolute Gasteiger partial charge is 0.274 e. The summed E-state index contributed by atoms with van der Waals surface area (Å²) >= 11 is 0. The van der Waals surface area contributed by atoms with Crippen LogP contribution in [0.25, 0.3) is 0 Å². The first-order chi connectivity index (χ1) is 9.28. The Hall–Kier alpha value is -1.69. The summed E-state index contributed by atoms with van der Waals surface area (Å²) in [6.45, 7) is 3.79. The van der Waals surface area contributed by atoms with E-state index < -0.39 is 0 Å². The molecule has 102 valence electrons. The normalized spacial score (nSPS) is 23.2. The fourth-order valence-electron chi connectivity index (χ4n) is 2.92. The number of amides is 1. The second-order valence-electron chi connectivity index (χ2n) is 5.14. The maximum atomic E-state index is 12.4. The van der Waals surface area contributed by atoms with Crippen molar-refractivity contribution in [3.63, 3.8) is 0 Å². The van der Waals surface area contributed by atoms with Crippen LogP contribution in [0.3, 0.4) is 0 Å². The summed E-state index contributed by atoms with van der Waals surface area (Å²) in [6.07, 6.45) is 2.46. The molecule has 19 heavy (non-hydrogen) atoms. The van der Waals surface area contributed by atoms with Crippen LogP contribution < -0.4 is 5.32 Å². The van der Waals surface area contributed by atoms with E-state index in [0.29, 0.717) is 17.6 Å². The van der Waals surface area contributed by atoms with Gasteiger partial charge in [-0.3, -0.25) is 9.69 Å². The van der Waals surface area contributed by atoms with Crippen molar-refractivity contribution in [2.45, 2.75) is 18.9 Å². The number of carbonyl (C=O) groups is 1. The van der Waals surface area contributed by atoms with Gasteiger partial charge in [0, 0.05) is 32.7 Å². The molecule has 2 fully saturated rings. The van der Waals surface area contributed by atoms with Gasteiger partial charge in [0.15, 0.2) is 5.69 Å². The van der Waals surface area contributed by atoms with E-state index in [9.17, 15) is 4.79 Å². The highest BCUT2D eigenvalue weighted by molar-refractivity contribution is 5.92. The third kappa shape index (κ3) is 2.40. The van der Waals surface area contributed by atoms with Crippen LogP contribution in [0, 0.1) is 0 Å². The molecule has 1 aromatic heterocycles. The summed E-state index contributed by atoms with van der Waals surface area (Å²) < 4.78 is 0. The summed E-state index contributed by atoms with van der Waals surface area (Å²) in [5.41, 5.74) is 0.436. The minimum atomic E-state index is 0.00158. The van der Waals surface area contributed by atoms with E-state index in [1.165, 1.54) is 19.4 Å². The molecule has 2 saturated heterocycles. The van der Waals surface area contributed by atoms with Crippen molar-refractivity contribution in [2.24, 2.45) is 0 Å². The lowest BCUT2D eigenvalue weighted by Gasteiger charge is -2.37. The van der Waals surface area contributed by atoms with Crippen LogP contribution in [-0.4, -0.2) is 65.2 Å². The minimum absolute atomic E-state index is 0.00158. The van der Waals surface area contributed by atoms with Gasteiger partial charge in [0.1, 0.15) is 5.82 Å². The van der Waals surface area contributed by atoms with Crippen molar-refractivity contribution in [1.82, 2.24) is 20.0 Å². The summed E-state index contributed by atoms with van der Waals surface area (Å²) in [7, 11) is 1.78. The van der Waals surface area contributed by atoms with Gasteiger partial charge in [-0.25, -0.2) is 0 Å². The average molecular weight is 261 g/mol. The number of nitrogens with one attached hydrogen (secondary N) is 1. The lowest BCUT2D eigenvalue weighted by molar-refractivity contribution is 0.0564. The van der Waals surface area contributed by atoms with Crippen LogP contribution in [-0.2, 0) is 0 Å². The fourth-order valence-corrected chi connectivity index (χ4v) is 2.92. The number of nitrogens with zero attached hydrogens (tertiary/aromatic N) is 4. The Morgan fingerprint density at radius 1 is 1.32 bits per heavy atom. The molecule has 1 N–H and O–H groups in total. The zero-order chi connectivity index (χ0) is 13.2. The van der Waals surface area contributed by atoms with Crippen molar-refractivity contribution in [1.29, 1.82) is 0 Å². The highest BCUT2D eigenvalue weighted by Crippen LogP contribution is 2.22. The van der Waals surface area contributed by atoms with E-state index in [-0.39, 0.29) is 5.91 Å². The topological polar surface area (TPSA) is 61.4 Å². The van der Waals surface area contributed by atoms with Gasteiger partial charge in [-0.2, -0.15) is 0 Å². The molecule has 6 nitrogen and oxygen atoms in total. The maximum Gasteiger partial charge on any atom is 0.274 e. The lowest BCUT2D eigenvalue weighted by atomic mass is 10.1. The number of aromatic nitrogens is 2. The largest absolute Gasteiger partial charge is 0.372 e. The zero-order valence-corrected chi connectivity index (χ0v) is 11.2. The van der Waals surface area contributed by atoms with Gasteiger partial charge in [-0.05, 0) is 31.5 Å². The second-order valence-corrected chi connectivity index (χ2v) is 5.14. The van der Waals surface area contributed by atoms with Crippen LogP contribution in [0.15, 0.2) is 12.1 Å². The molecule has 2 aliphatic heterocycles. The monoisotopic (exact) mass is 261 g/mol. The van der Waals surface area contributed by atoms with Gasteiger partial charge >= 0.3 is 0 Å². The molecule has 3 rings (SSSR count). The third-order valence-corrected chi connectivity index (χ3v) is 4.01. The predicted octanol–water partition coefficient (Wildman–Crippen LogP) is 0.438. The highest BCUT2D eigenvalue weighted by atomic mass is 16.2. The van der Waals surface area contributed by atoms with Gasteiger partial charge in [0.2, 0.25) is 0 Å². The summed E-state index contributed by atoms with van der Waals surface area (Å²) in [5, 5.41) is 10.9. The molecule has 3 heterocycles. The highest BCUT2D eigenvalue weighted by Gasteiger charge is 2.33. The van der Waals surface area contributed by atoms with Crippen molar-refractivity contribution in [2.75, 3.05) is 38.5 Å². The number of hydrogen-bond donors (Lipinski definition) is 1. The van der Waals surface area contributed by atoms with Crippen molar-refractivity contribution in [3.05, 3.63) is 17.8 Å². The van der Waals surface area contributed by atoms with Crippen molar-refractivity contribution >= 4 is 11.7 Å². The zero-order valence-electron chi connectivity index (χ0n) is 11.2. The first-order valence-electron chi connectivity index (χ1n) is 6.83. The Kier molecular flexibility index (Phi) is 3.33. The van der Waals surface area contributed by atoms with Gasteiger partial charge in [-0.15, -0.1) is 10.2 Å². The molecule has 0 saturated carbocycles. The molecular formula is C13H19N5O. The molecule has 6 heteroatoms. The van der Waals surface area contributed by atoms with E-state index in [2.05, 4.69) is 20.4 Å². The van der Waals surface area contributed by atoms with Crippen LogP contribution in [0.5, 0.6) is 0 Å². The number of piperazine rings is 1. The van der Waals surface area contributed by atoms with Crippen LogP contribution in [0.1, 0.15) is 23.3 Å².